The summed E-state index contributed by atoms with van der Waals surface area (Å²) in [4.78, 5) is 4.51. The van der Waals surface area contributed by atoms with E-state index < -0.39 is 0 Å². The topological polar surface area (TPSA) is 36.4 Å². The molecule has 0 aromatic heterocycles. The van der Waals surface area contributed by atoms with Crippen molar-refractivity contribution in [2.24, 2.45) is 10.9 Å². The minimum atomic E-state index is 0.661. The van der Waals surface area contributed by atoms with Gasteiger partial charge in [0, 0.05) is 19.1 Å². The summed E-state index contributed by atoms with van der Waals surface area (Å²) >= 11 is 0. The molecule has 2 rings (SSSR count). The van der Waals surface area contributed by atoms with Crippen molar-refractivity contribution in [1.29, 1.82) is 0 Å². The highest BCUT2D eigenvalue weighted by Gasteiger charge is 2.21. The van der Waals surface area contributed by atoms with Crippen molar-refractivity contribution in [3.8, 4) is 0 Å². The van der Waals surface area contributed by atoms with E-state index in [0.717, 1.165) is 25.0 Å². The Morgan fingerprint density at radius 2 is 2.29 bits per heavy atom. The van der Waals surface area contributed by atoms with Crippen LogP contribution in [-0.2, 0) is 0 Å². The van der Waals surface area contributed by atoms with Crippen molar-refractivity contribution in [3.63, 3.8) is 0 Å². The predicted molar refractivity (Wildman–Crippen MR) is 59.5 cm³/mol. The van der Waals surface area contributed by atoms with Crippen LogP contribution in [0.4, 0.5) is 0 Å². The Bertz CT molecular complexity index is 213. The molecule has 1 saturated carbocycles. The molecular formula is C11H21N3. The molecule has 1 aliphatic heterocycles. The molecule has 2 unspecified atom stereocenters. The maximum absolute atomic E-state index is 4.51. The SMILES string of the molecule is CC1CCC(NC2=NCCCCN2)C1. The predicted octanol–water partition coefficient (Wildman–Crippen LogP) is 1.50. The van der Waals surface area contributed by atoms with Gasteiger partial charge in [-0.25, -0.2) is 0 Å². The van der Waals surface area contributed by atoms with E-state index >= 15 is 0 Å². The lowest BCUT2D eigenvalue weighted by Crippen LogP contribution is -2.42. The summed E-state index contributed by atoms with van der Waals surface area (Å²) in [7, 11) is 0. The molecule has 0 aromatic rings. The van der Waals surface area contributed by atoms with Crippen LogP contribution >= 0.6 is 0 Å². The molecule has 80 valence electrons. The largest absolute Gasteiger partial charge is 0.356 e. The maximum atomic E-state index is 4.51. The molecule has 0 bridgehead atoms. The molecule has 1 heterocycles. The Balaban J connectivity index is 1.80. The molecule has 0 saturated heterocycles. The fourth-order valence-corrected chi connectivity index (χ4v) is 2.32. The number of aliphatic imine (C=N–C) groups is 1. The number of hydrogen-bond donors (Lipinski definition) is 2. The number of hydrogen-bond acceptors (Lipinski definition) is 3. The first-order valence-corrected chi connectivity index (χ1v) is 5.89. The van der Waals surface area contributed by atoms with Crippen molar-refractivity contribution >= 4 is 5.96 Å². The molecule has 0 radical (unpaired) electrons. The van der Waals surface area contributed by atoms with Crippen molar-refractivity contribution in [3.05, 3.63) is 0 Å². The van der Waals surface area contributed by atoms with Gasteiger partial charge < -0.3 is 10.6 Å². The molecule has 3 nitrogen and oxygen atoms in total. The lowest BCUT2D eigenvalue weighted by Gasteiger charge is -2.16. The van der Waals surface area contributed by atoms with Gasteiger partial charge in [0.2, 0.25) is 0 Å². The normalized spacial score (nSPS) is 33.1. The number of nitrogens with one attached hydrogen (secondary N) is 2. The van der Waals surface area contributed by atoms with Crippen LogP contribution in [0.2, 0.25) is 0 Å². The second kappa shape index (κ2) is 4.67. The first-order valence-electron chi connectivity index (χ1n) is 5.89. The molecule has 0 amide bonds. The zero-order valence-corrected chi connectivity index (χ0v) is 9.05. The Hall–Kier alpha value is -0.730. The average molecular weight is 195 g/mol. The van der Waals surface area contributed by atoms with Crippen LogP contribution in [0, 0.1) is 5.92 Å². The van der Waals surface area contributed by atoms with E-state index in [1.807, 2.05) is 0 Å². The van der Waals surface area contributed by atoms with Gasteiger partial charge in [-0.15, -0.1) is 0 Å². The van der Waals surface area contributed by atoms with Gasteiger partial charge in [-0.05, 0) is 38.0 Å². The fourth-order valence-electron chi connectivity index (χ4n) is 2.32. The molecule has 0 spiro atoms. The lowest BCUT2D eigenvalue weighted by molar-refractivity contribution is 0.564. The smallest absolute Gasteiger partial charge is 0.191 e. The minimum Gasteiger partial charge on any atom is -0.356 e. The summed E-state index contributed by atoms with van der Waals surface area (Å²) in [6.45, 7) is 4.40. The van der Waals surface area contributed by atoms with E-state index in [1.165, 1.54) is 32.1 Å². The van der Waals surface area contributed by atoms with Gasteiger partial charge in [-0.3, -0.25) is 4.99 Å². The molecule has 1 fully saturated rings. The average Bonchev–Trinajstić information content (AvgIpc) is 2.43. The zero-order valence-electron chi connectivity index (χ0n) is 9.05. The van der Waals surface area contributed by atoms with E-state index in [1.54, 1.807) is 0 Å². The molecule has 3 heteroatoms. The molecule has 1 aliphatic carbocycles. The van der Waals surface area contributed by atoms with E-state index in [2.05, 4.69) is 22.5 Å². The highest BCUT2D eigenvalue weighted by Crippen LogP contribution is 2.24. The Labute approximate surface area is 86.4 Å². The van der Waals surface area contributed by atoms with Gasteiger partial charge in [0.1, 0.15) is 0 Å². The van der Waals surface area contributed by atoms with Gasteiger partial charge in [-0.1, -0.05) is 6.92 Å². The van der Waals surface area contributed by atoms with Gasteiger partial charge in [0.15, 0.2) is 5.96 Å². The highest BCUT2D eigenvalue weighted by molar-refractivity contribution is 5.80. The van der Waals surface area contributed by atoms with Crippen molar-refractivity contribution in [2.45, 2.75) is 45.1 Å². The highest BCUT2D eigenvalue weighted by atomic mass is 15.2. The second-order valence-electron chi connectivity index (χ2n) is 4.62. The standard InChI is InChI=1S/C11H21N3/c1-9-4-5-10(8-9)14-11-12-6-2-3-7-13-11/h9-10H,2-8H2,1H3,(H2,12,13,14). The van der Waals surface area contributed by atoms with Gasteiger partial charge in [0.25, 0.3) is 0 Å². The van der Waals surface area contributed by atoms with Crippen molar-refractivity contribution < 1.29 is 0 Å². The Morgan fingerprint density at radius 3 is 3.07 bits per heavy atom. The van der Waals surface area contributed by atoms with Crippen LogP contribution in [0.15, 0.2) is 4.99 Å². The van der Waals surface area contributed by atoms with Crippen molar-refractivity contribution in [2.75, 3.05) is 13.1 Å². The number of guanidine groups is 1. The van der Waals surface area contributed by atoms with Gasteiger partial charge in [0.05, 0.1) is 0 Å². The molecular weight excluding hydrogens is 174 g/mol. The molecule has 14 heavy (non-hydrogen) atoms. The van der Waals surface area contributed by atoms with Crippen LogP contribution in [0.25, 0.3) is 0 Å². The first kappa shape index (κ1) is 9.81. The van der Waals surface area contributed by atoms with Gasteiger partial charge >= 0.3 is 0 Å². The number of nitrogens with zero attached hydrogens (tertiary/aromatic N) is 1. The summed E-state index contributed by atoms with van der Waals surface area (Å²) in [6, 6.07) is 0.661. The van der Waals surface area contributed by atoms with Crippen LogP contribution in [-0.4, -0.2) is 25.1 Å². The first-order chi connectivity index (χ1) is 6.84. The van der Waals surface area contributed by atoms with Crippen LogP contribution in [0.3, 0.4) is 0 Å². The molecule has 0 aromatic carbocycles. The fraction of sp³-hybridized carbons (Fsp3) is 0.909. The van der Waals surface area contributed by atoms with Crippen molar-refractivity contribution in [1.82, 2.24) is 10.6 Å². The summed E-state index contributed by atoms with van der Waals surface area (Å²) in [5.41, 5.74) is 0. The summed E-state index contributed by atoms with van der Waals surface area (Å²) in [5.74, 6) is 1.93. The van der Waals surface area contributed by atoms with E-state index in [9.17, 15) is 0 Å². The van der Waals surface area contributed by atoms with E-state index in [-0.39, 0.29) is 0 Å². The molecule has 2 aliphatic rings. The minimum absolute atomic E-state index is 0.661. The molecule has 2 N–H and O–H groups in total. The molecule has 2 atom stereocenters. The quantitative estimate of drug-likeness (QED) is 0.665. The third-order valence-corrected chi connectivity index (χ3v) is 3.18. The summed E-state index contributed by atoms with van der Waals surface area (Å²) in [5, 5.41) is 6.89. The number of rotatable bonds is 1. The monoisotopic (exact) mass is 195 g/mol. The summed E-state index contributed by atoms with van der Waals surface area (Å²) < 4.78 is 0. The Morgan fingerprint density at radius 1 is 1.36 bits per heavy atom. The lowest BCUT2D eigenvalue weighted by atomic mass is 10.1. The maximum Gasteiger partial charge on any atom is 0.191 e. The third-order valence-electron chi connectivity index (χ3n) is 3.18. The second-order valence-corrected chi connectivity index (χ2v) is 4.62. The van der Waals surface area contributed by atoms with Crippen LogP contribution < -0.4 is 10.6 Å². The van der Waals surface area contributed by atoms with Gasteiger partial charge in [-0.2, -0.15) is 0 Å². The Kier molecular flexibility index (Phi) is 3.27. The summed E-state index contributed by atoms with van der Waals surface area (Å²) in [6.07, 6.45) is 6.45. The van der Waals surface area contributed by atoms with Crippen LogP contribution in [0.1, 0.15) is 39.0 Å². The zero-order chi connectivity index (χ0) is 9.80. The van der Waals surface area contributed by atoms with E-state index in [4.69, 9.17) is 0 Å². The third kappa shape index (κ3) is 2.63. The van der Waals surface area contributed by atoms with E-state index in [0.29, 0.717) is 6.04 Å². The van der Waals surface area contributed by atoms with Crippen LogP contribution in [0.5, 0.6) is 0 Å².